The minimum Gasteiger partial charge on any atom is -0.392 e. The van der Waals surface area contributed by atoms with Crippen molar-refractivity contribution in [3.8, 4) is 0 Å². The molecule has 1 aliphatic carbocycles. The molecule has 2 N–H and O–H groups in total. The molecule has 0 aliphatic heterocycles. The average molecular weight is 157 g/mol. The van der Waals surface area contributed by atoms with Gasteiger partial charge in [0, 0.05) is 12.6 Å². The summed E-state index contributed by atoms with van der Waals surface area (Å²) in [4.78, 5) is 0. The smallest absolute Gasteiger partial charge is 0.0636 e. The second kappa shape index (κ2) is 4.07. The lowest BCUT2D eigenvalue weighted by Gasteiger charge is -2.13. The Balaban J connectivity index is 2.08. The summed E-state index contributed by atoms with van der Waals surface area (Å²) in [5.41, 5.74) is 0. The fourth-order valence-electron chi connectivity index (χ4n) is 1.73. The van der Waals surface area contributed by atoms with Crippen molar-refractivity contribution in [1.29, 1.82) is 0 Å². The van der Waals surface area contributed by atoms with Crippen molar-refractivity contribution in [3.63, 3.8) is 0 Å². The van der Waals surface area contributed by atoms with Crippen molar-refractivity contribution in [1.82, 2.24) is 5.32 Å². The van der Waals surface area contributed by atoms with Gasteiger partial charge in [0.05, 0.1) is 6.10 Å². The quantitative estimate of drug-likeness (QED) is 0.644. The van der Waals surface area contributed by atoms with E-state index in [9.17, 15) is 0 Å². The third kappa shape index (κ3) is 3.21. The number of aliphatic hydroxyl groups excluding tert-OH is 1. The van der Waals surface area contributed by atoms with E-state index in [1.54, 1.807) is 0 Å². The number of nitrogens with one attached hydrogen (secondary N) is 1. The summed E-state index contributed by atoms with van der Waals surface area (Å²) in [6.45, 7) is 4.87. The van der Waals surface area contributed by atoms with Crippen LogP contribution in [0.15, 0.2) is 0 Å². The summed E-state index contributed by atoms with van der Waals surface area (Å²) in [5.74, 6) is 0.876. The van der Waals surface area contributed by atoms with Crippen LogP contribution in [0.5, 0.6) is 0 Å². The molecule has 0 aromatic heterocycles. The molecule has 0 heterocycles. The third-order valence-electron chi connectivity index (χ3n) is 2.40. The van der Waals surface area contributed by atoms with Crippen molar-refractivity contribution in [3.05, 3.63) is 0 Å². The lowest BCUT2D eigenvalue weighted by Crippen LogP contribution is -2.32. The molecule has 0 aromatic rings. The molecule has 0 saturated heterocycles. The normalized spacial score (nSPS) is 34.1. The highest BCUT2D eigenvalue weighted by Crippen LogP contribution is 2.24. The Hall–Kier alpha value is -0.0800. The maximum atomic E-state index is 9.02. The molecule has 3 atom stereocenters. The highest BCUT2D eigenvalue weighted by molar-refractivity contribution is 4.78. The molecule has 1 rings (SSSR count). The summed E-state index contributed by atoms with van der Waals surface area (Å²) < 4.78 is 0. The van der Waals surface area contributed by atoms with Gasteiger partial charge in [0.2, 0.25) is 0 Å². The van der Waals surface area contributed by atoms with E-state index >= 15 is 0 Å². The Kier molecular flexibility index (Phi) is 3.34. The van der Waals surface area contributed by atoms with E-state index in [1.807, 2.05) is 6.92 Å². The predicted octanol–water partition coefficient (Wildman–Crippen LogP) is 1.15. The first-order chi connectivity index (χ1) is 5.18. The molecule has 0 amide bonds. The predicted molar refractivity (Wildman–Crippen MR) is 46.5 cm³/mol. The van der Waals surface area contributed by atoms with E-state index in [0.29, 0.717) is 6.04 Å². The molecule has 2 unspecified atom stereocenters. The summed E-state index contributed by atoms with van der Waals surface area (Å²) in [6.07, 6.45) is 3.71. The monoisotopic (exact) mass is 157 g/mol. The zero-order valence-corrected chi connectivity index (χ0v) is 7.51. The van der Waals surface area contributed by atoms with Crippen LogP contribution in [-0.2, 0) is 0 Å². The summed E-state index contributed by atoms with van der Waals surface area (Å²) >= 11 is 0. The largest absolute Gasteiger partial charge is 0.392 e. The van der Waals surface area contributed by atoms with Gasteiger partial charge in [-0.15, -0.1) is 0 Å². The fourth-order valence-corrected chi connectivity index (χ4v) is 1.73. The van der Waals surface area contributed by atoms with Crippen LogP contribution in [0.25, 0.3) is 0 Å². The fraction of sp³-hybridized carbons (Fsp3) is 1.00. The Labute approximate surface area is 69.0 Å². The molecule has 1 saturated carbocycles. The minimum atomic E-state index is -0.203. The molecule has 1 fully saturated rings. The Morgan fingerprint density at radius 1 is 1.55 bits per heavy atom. The first-order valence-electron chi connectivity index (χ1n) is 4.60. The van der Waals surface area contributed by atoms with Gasteiger partial charge >= 0.3 is 0 Å². The molecule has 0 aromatic carbocycles. The Morgan fingerprint density at radius 2 is 2.27 bits per heavy atom. The zero-order chi connectivity index (χ0) is 8.27. The molecule has 1 aliphatic rings. The van der Waals surface area contributed by atoms with E-state index in [0.717, 1.165) is 12.5 Å². The second-order valence-corrected chi connectivity index (χ2v) is 3.87. The first-order valence-corrected chi connectivity index (χ1v) is 4.60. The van der Waals surface area contributed by atoms with Gasteiger partial charge < -0.3 is 10.4 Å². The standard InChI is InChI=1S/C9H19NO/c1-7-3-4-9(5-7)10-6-8(2)11/h7-11H,3-6H2,1-2H3/t7?,8-,9?/m1/s1. The summed E-state index contributed by atoms with van der Waals surface area (Å²) in [7, 11) is 0. The van der Waals surface area contributed by atoms with E-state index < -0.39 is 0 Å². The minimum absolute atomic E-state index is 0.203. The van der Waals surface area contributed by atoms with Gasteiger partial charge in [-0.2, -0.15) is 0 Å². The van der Waals surface area contributed by atoms with Crippen LogP contribution < -0.4 is 5.32 Å². The number of aliphatic hydroxyl groups is 1. The molecule has 2 nitrogen and oxygen atoms in total. The van der Waals surface area contributed by atoms with Crippen molar-refractivity contribution >= 4 is 0 Å². The van der Waals surface area contributed by atoms with Crippen molar-refractivity contribution in [2.45, 2.75) is 45.3 Å². The van der Waals surface area contributed by atoms with Gasteiger partial charge in [-0.05, 0) is 32.1 Å². The molecular weight excluding hydrogens is 138 g/mol. The molecule has 0 radical (unpaired) electrons. The van der Waals surface area contributed by atoms with Crippen LogP contribution in [0.3, 0.4) is 0 Å². The second-order valence-electron chi connectivity index (χ2n) is 3.87. The average Bonchev–Trinajstić information content (AvgIpc) is 2.31. The molecule has 11 heavy (non-hydrogen) atoms. The SMILES string of the molecule is CC1CCC(NC[C@@H](C)O)C1. The maximum Gasteiger partial charge on any atom is 0.0636 e. The number of hydrogen-bond acceptors (Lipinski definition) is 2. The van der Waals surface area contributed by atoms with E-state index in [4.69, 9.17) is 5.11 Å². The van der Waals surface area contributed by atoms with E-state index in [2.05, 4.69) is 12.2 Å². The molecule has 2 heteroatoms. The Bertz CT molecular complexity index is 114. The van der Waals surface area contributed by atoms with Crippen LogP contribution in [0.1, 0.15) is 33.1 Å². The van der Waals surface area contributed by atoms with Crippen LogP contribution in [0.2, 0.25) is 0 Å². The molecule has 66 valence electrons. The molecule has 0 spiro atoms. The summed E-state index contributed by atoms with van der Waals surface area (Å²) in [5, 5.41) is 12.4. The number of rotatable bonds is 3. The first kappa shape index (κ1) is 9.01. The van der Waals surface area contributed by atoms with Gasteiger partial charge in [-0.25, -0.2) is 0 Å². The molecular formula is C9H19NO. The van der Waals surface area contributed by atoms with Gasteiger partial charge in [0.15, 0.2) is 0 Å². The topological polar surface area (TPSA) is 32.3 Å². The highest BCUT2D eigenvalue weighted by atomic mass is 16.3. The number of hydrogen-bond donors (Lipinski definition) is 2. The van der Waals surface area contributed by atoms with Gasteiger partial charge in [-0.1, -0.05) is 6.92 Å². The van der Waals surface area contributed by atoms with Crippen LogP contribution in [0, 0.1) is 5.92 Å². The third-order valence-corrected chi connectivity index (χ3v) is 2.40. The van der Waals surface area contributed by atoms with Crippen molar-refractivity contribution < 1.29 is 5.11 Å². The van der Waals surface area contributed by atoms with E-state index in [1.165, 1.54) is 19.3 Å². The van der Waals surface area contributed by atoms with Gasteiger partial charge in [0.25, 0.3) is 0 Å². The van der Waals surface area contributed by atoms with Crippen LogP contribution >= 0.6 is 0 Å². The van der Waals surface area contributed by atoms with E-state index in [-0.39, 0.29) is 6.10 Å². The summed E-state index contributed by atoms with van der Waals surface area (Å²) in [6, 6.07) is 0.666. The van der Waals surface area contributed by atoms with Crippen LogP contribution in [0.4, 0.5) is 0 Å². The lowest BCUT2D eigenvalue weighted by atomic mass is 10.1. The zero-order valence-electron chi connectivity index (χ0n) is 7.51. The Morgan fingerprint density at radius 3 is 2.73 bits per heavy atom. The van der Waals surface area contributed by atoms with Gasteiger partial charge in [-0.3, -0.25) is 0 Å². The van der Waals surface area contributed by atoms with Crippen molar-refractivity contribution in [2.75, 3.05) is 6.54 Å². The van der Waals surface area contributed by atoms with Gasteiger partial charge in [0.1, 0.15) is 0 Å². The van der Waals surface area contributed by atoms with Crippen LogP contribution in [-0.4, -0.2) is 23.8 Å². The highest BCUT2D eigenvalue weighted by Gasteiger charge is 2.20. The maximum absolute atomic E-state index is 9.02. The molecule has 0 bridgehead atoms. The van der Waals surface area contributed by atoms with Crippen molar-refractivity contribution in [2.24, 2.45) is 5.92 Å². The lowest BCUT2D eigenvalue weighted by molar-refractivity contribution is 0.186.